The predicted octanol–water partition coefficient (Wildman–Crippen LogP) is 6.03. The Hall–Kier alpha value is -3.00. The number of H-pyrrole nitrogens is 1. The van der Waals surface area contributed by atoms with Gasteiger partial charge < -0.3 is 9.72 Å². The first kappa shape index (κ1) is 15.5. The third-order valence-electron chi connectivity index (χ3n) is 4.58. The highest BCUT2D eigenvalue weighted by molar-refractivity contribution is 5.91. The number of hydrogen-bond acceptors (Lipinski definition) is 1. The van der Waals surface area contributed by atoms with Gasteiger partial charge in [0.05, 0.1) is 0 Å². The third kappa shape index (κ3) is 3.16. The summed E-state index contributed by atoms with van der Waals surface area (Å²) in [5.41, 5.74) is 7.24. The van der Waals surface area contributed by atoms with Crippen molar-refractivity contribution in [1.29, 1.82) is 0 Å². The summed E-state index contributed by atoms with van der Waals surface area (Å²) in [5, 5.41) is 1.21. The molecule has 2 nitrogen and oxygen atoms in total. The number of aromatic nitrogens is 1. The molecule has 124 valence electrons. The van der Waals surface area contributed by atoms with Crippen molar-refractivity contribution in [3.05, 3.63) is 89.5 Å². The van der Waals surface area contributed by atoms with E-state index in [4.69, 9.17) is 4.74 Å². The van der Waals surface area contributed by atoms with E-state index in [2.05, 4.69) is 67.4 Å². The molecule has 2 heteroatoms. The lowest BCUT2D eigenvalue weighted by Crippen LogP contribution is -1.94. The zero-order valence-corrected chi connectivity index (χ0v) is 14.5. The van der Waals surface area contributed by atoms with Gasteiger partial charge in [-0.3, -0.25) is 0 Å². The molecule has 0 atom stereocenters. The molecule has 0 unspecified atom stereocenters. The van der Waals surface area contributed by atoms with E-state index in [1.807, 2.05) is 24.3 Å². The lowest BCUT2D eigenvalue weighted by Gasteiger charge is -2.06. The molecule has 0 bridgehead atoms. The van der Waals surface area contributed by atoms with Gasteiger partial charge in [0, 0.05) is 16.6 Å². The Morgan fingerprint density at radius 2 is 1.68 bits per heavy atom. The van der Waals surface area contributed by atoms with Gasteiger partial charge in [0.25, 0.3) is 0 Å². The molecule has 0 saturated carbocycles. The summed E-state index contributed by atoms with van der Waals surface area (Å²) in [5.74, 6) is 0.897. The molecule has 0 aliphatic rings. The van der Waals surface area contributed by atoms with Gasteiger partial charge in [0.2, 0.25) is 0 Å². The molecule has 0 aliphatic carbocycles. The first-order valence-electron chi connectivity index (χ1n) is 8.57. The quantitative estimate of drug-likeness (QED) is 0.486. The van der Waals surface area contributed by atoms with E-state index in [1.165, 1.54) is 33.3 Å². The second-order valence-corrected chi connectivity index (χ2v) is 6.48. The zero-order chi connectivity index (χ0) is 17.2. The average Bonchev–Trinajstić information content (AvgIpc) is 2.97. The Morgan fingerprint density at radius 3 is 2.48 bits per heavy atom. The molecule has 4 rings (SSSR count). The van der Waals surface area contributed by atoms with Crippen LogP contribution in [0, 0.1) is 13.8 Å². The number of rotatable bonds is 4. The smallest absolute Gasteiger partial charge is 0.120 e. The topological polar surface area (TPSA) is 25.0 Å². The van der Waals surface area contributed by atoms with Crippen molar-refractivity contribution < 1.29 is 4.74 Å². The Bertz CT molecular complexity index is 1010. The van der Waals surface area contributed by atoms with Crippen LogP contribution in [0.4, 0.5) is 0 Å². The molecule has 1 heterocycles. The van der Waals surface area contributed by atoms with Crippen LogP contribution in [0.5, 0.6) is 5.75 Å². The Morgan fingerprint density at radius 1 is 0.840 bits per heavy atom. The molecule has 0 spiro atoms. The van der Waals surface area contributed by atoms with Gasteiger partial charge in [0.1, 0.15) is 12.4 Å². The highest BCUT2D eigenvalue weighted by atomic mass is 16.5. The fourth-order valence-electron chi connectivity index (χ4n) is 3.23. The largest absolute Gasteiger partial charge is 0.489 e. The van der Waals surface area contributed by atoms with Gasteiger partial charge >= 0.3 is 0 Å². The van der Waals surface area contributed by atoms with Gasteiger partial charge in [-0.15, -0.1) is 0 Å². The van der Waals surface area contributed by atoms with Crippen molar-refractivity contribution in [2.45, 2.75) is 20.5 Å². The van der Waals surface area contributed by atoms with Crippen molar-refractivity contribution in [2.75, 3.05) is 0 Å². The molecular weight excluding hydrogens is 306 g/mol. The number of benzene rings is 3. The number of aryl methyl sites for hydroxylation is 2. The fourth-order valence-corrected chi connectivity index (χ4v) is 3.23. The summed E-state index contributed by atoms with van der Waals surface area (Å²) >= 11 is 0. The van der Waals surface area contributed by atoms with Crippen molar-refractivity contribution in [3.8, 4) is 17.0 Å². The monoisotopic (exact) mass is 327 g/mol. The maximum atomic E-state index is 5.98. The van der Waals surface area contributed by atoms with Gasteiger partial charge in [-0.05, 0) is 54.8 Å². The van der Waals surface area contributed by atoms with E-state index in [1.54, 1.807) is 0 Å². The molecule has 0 fully saturated rings. The first-order valence-corrected chi connectivity index (χ1v) is 8.57. The van der Waals surface area contributed by atoms with Crippen molar-refractivity contribution >= 4 is 10.9 Å². The number of hydrogen-bond donors (Lipinski definition) is 1. The highest BCUT2D eigenvalue weighted by Crippen LogP contribution is 2.32. The number of fused-ring (bicyclic) bond motifs is 1. The molecule has 0 saturated heterocycles. The van der Waals surface area contributed by atoms with Crippen LogP contribution in [0.15, 0.2) is 72.8 Å². The molecular formula is C23H21NO. The maximum Gasteiger partial charge on any atom is 0.120 e. The summed E-state index contributed by atoms with van der Waals surface area (Å²) in [6.45, 7) is 4.87. The highest BCUT2D eigenvalue weighted by Gasteiger charge is 2.10. The molecule has 1 N–H and O–H groups in total. The SMILES string of the molecule is Cc1cccc(-c2[nH]c3ccc(OCc4ccccc4)cc3c2C)c1. The van der Waals surface area contributed by atoms with Gasteiger partial charge in [-0.25, -0.2) is 0 Å². The van der Waals surface area contributed by atoms with Crippen LogP contribution in [0.3, 0.4) is 0 Å². The maximum absolute atomic E-state index is 5.98. The standard InChI is InChI=1S/C23H21NO/c1-16-7-6-10-19(13-16)23-17(2)21-14-20(11-12-22(21)24-23)25-15-18-8-4-3-5-9-18/h3-14,24H,15H2,1-2H3. The molecule has 3 aromatic carbocycles. The van der Waals surface area contributed by atoms with Crippen LogP contribution in [0.2, 0.25) is 0 Å². The molecule has 0 amide bonds. The van der Waals surface area contributed by atoms with Crippen molar-refractivity contribution in [2.24, 2.45) is 0 Å². The number of nitrogens with one attached hydrogen (secondary N) is 1. The van der Waals surface area contributed by atoms with E-state index >= 15 is 0 Å². The fraction of sp³-hybridized carbons (Fsp3) is 0.130. The molecule has 0 radical (unpaired) electrons. The van der Waals surface area contributed by atoms with Gasteiger partial charge in [0.15, 0.2) is 0 Å². The average molecular weight is 327 g/mol. The molecule has 4 aromatic rings. The Balaban J connectivity index is 1.65. The summed E-state index contributed by atoms with van der Waals surface area (Å²) in [6.07, 6.45) is 0. The lowest BCUT2D eigenvalue weighted by atomic mass is 10.0. The van der Waals surface area contributed by atoms with Crippen molar-refractivity contribution in [3.63, 3.8) is 0 Å². The normalized spacial score (nSPS) is 11.0. The van der Waals surface area contributed by atoms with E-state index in [0.717, 1.165) is 11.3 Å². The molecule has 1 aromatic heterocycles. The zero-order valence-electron chi connectivity index (χ0n) is 14.5. The van der Waals surface area contributed by atoms with Crippen LogP contribution < -0.4 is 4.74 Å². The minimum atomic E-state index is 0.584. The first-order chi connectivity index (χ1) is 12.2. The number of aromatic amines is 1. The van der Waals surface area contributed by atoms with Crippen LogP contribution in [-0.4, -0.2) is 4.98 Å². The van der Waals surface area contributed by atoms with E-state index < -0.39 is 0 Å². The predicted molar refractivity (Wildman–Crippen MR) is 104 cm³/mol. The summed E-state index contributed by atoms with van der Waals surface area (Å²) in [4.78, 5) is 3.55. The number of ether oxygens (including phenoxy) is 1. The minimum absolute atomic E-state index is 0.584. The van der Waals surface area contributed by atoms with Crippen LogP contribution in [0.25, 0.3) is 22.2 Å². The van der Waals surface area contributed by atoms with Crippen molar-refractivity contribution in [1.82, 2.24) is 4.98 Å². The van der Waals surface area contributed by atoms with Crippen LogP contribution in [0.1, 0.15) is 16.7 Å². The Labute approximate surface area is 148 Å². The summed E-state index contributed by atoms with van der Waals surface area (Å²) < 4.78 is 5.98. The van der Waals surface area contributed by atoms with Gasteiger partial charge in [-0.1, -0.05) is 54.1 Å². The lowest BCUT2D eigenvalue weighted by molar-refractivity contribution is 0.306. The molecule has 0 aliphatic heterocycles. The summed E-state index contributed by atoms with van der Waals surface area (Å²) in [6, 6.07) is 25.1. The van der Waals surface area contributed by atoms with E-state index in [9.17, 15) is 0 Å². The second kappa shape index (κ2) is 6.48. The van der Waals surface area contributed by atoms with E-state index in [-0.39, 0.29) is 0 Å². The van der Waals surface area contributed by atoms with E-state index in [0.29, 0.717) is 6.61 Å². The Kier molecular flexibility index (Phi) is 4.02. The minimum Gasteiger partial charge on any atom is -0.489 e. The van der Waals surface area contributed by atoms with Gasteiger partial charge in [-0.2, -0.15) is 0 Å². The van der Waals surface area contributed by atoms with Crippen LogP contribution in [-0.2, 0) is 6.61 Å². The third-order valence-corrected chi connectivity index (χ3v) is 4.58. The molecule has 25 heavy (non-hydrogen) atoms. The summed E-state index contributed by atoms with van der Waals surface area (Å²) in [7, 11) is 0. The van der Waals surface area contributed by atoms with Crippen LogP contribution >= 0.6 is 0 Å². The second-order valence-electron chi connectivity index (χ2n) is 6.48.